The Morgan fingerprint density at radius 1 is 1.29 bits per heavy atom. The third-order valence-corrected chi connectivity index (χ3v) is 4.66. The van der Waals surface area contributed by atoms with E-state index in [1.165, 1.54) is 32.4 Å². The van der Waals surface area contributed by atoms with Gasteiger partial charge in [0.2, 0.25) is 0 Å². The van der Waals surface area contributed by atoms with Gasteiger partial charge in [0.25, 0.3) is 0 Å². The fraction of sp³-hybridized carbons (Fsp3) is 0.588. The van der Waals surface area contributed by atoms with Crippen molar-refractivity contribution in [2.24, 2.45) is 0 Å². The lowest BCUT2D eigenvalue weighted by molar-refractivity contribution is 0.0940. The van der Waals surface area contributed by atoms with Crippen molar-refractivity contribution in [2.75, 3.05) is 39.8 Å². The highest BCUT2D eigenvalue weighted by Crippen LogP contribution is 2.21. The number of carbonyl (C=O) groups excluding carboxylic acids is 1. The topological polar surface area (TPSA) is 32.8 Å². The van der Waals surface area contributed by atoms with Gasteiger partial charge in [0, 0.05) is 24.7 Å². The maximum absolute atomic E-state index is 12.4. The molecule has 1 aromatic carbocycles. The Hall–Kier alpha value is -1.39. The van der Waals surface area contributed by atoms with Gasteiger partial charge in [0.15, 0.2) is 5.78 Å². The Bertz CT molecular complexity index is 497. The molecule has 0 aliphatic carbocycles. The van der Waals surface area contributed by atoms with E-state index in [1.807, 2.05) is 24.3 Å². The minimum Gasteiger partial charge on any atom is -0.497 e. The molecule has 0 spiro atoms. The first-order chi connectivity index (χ1) is 10.3. The molecule has 114 valence electrons. The summed E-state index contributed by atoms with van der Waals surface area (Å²) in [6.45, 7) is 5.08. The van der Waals surface area contributed by atoms with E-state index >= 15 is 0 Å². The maximum Gasteiger partial charge on any atom is 0.176 e. The van der Waals surface area contributed by atoms with Crippen LogP contribution in [0.5, 0.6) is 5.75 Å². The van der Waals surface area contributed by atoms with Crippen molar-refractivity contribution in [1.29, 1.82) is 0 Å². The summed E-state index contributed by atoms with van der Waals surface area (Å²) in [6, 6.07) is 8.11. The Balaban J connectivity index is 1.55. The van der Waals surface area contributed by atoms with Crippen LogP contribution in [0.25, 0.3) is 0 Å². The third-order valence-electron chi connectivity index (χ3n) is 4.66. The third kappa shape index (κ3) is 3.44. The molecule has 1 aromatic rings. The minimum atomic E-state index is 0.191. The molecule has 2 aliphatic heterocycles. The second kappa shape index (κ2) is 6.58. The molecule has 21 heavy (non-hydrogen) atoms. The van der Waals surface area contributed by atoms with E-state index in [9.17, 15) is 4.79 Å². The molecule has 2 saturated heterocycles. The number of Topliss-reactive ketones (excluding diaryl/α,β-unsaturated/α-hetero) is 1. The standard InChI is InChI=1S/C17H24N2O2/c1-21-16-6-4-5-14(11-16)17(20)13-18-10-7-15(12-18)19-8-2-3-9-19/h4-6,11,15H,2-3,7-10,12-13H2,1H3. The molecule has 0 amide bonds. The second-order valence-electron chi connectivity index (χ2n) is 6.08. The van der Waals surface area contributed by atoms with E-state index in [4.69, 9.17) is 4.74 Å². The van der Waals surface area contributed by atoms with Crippen LogP contribution in [-0.2, 0) is 0 Å². The van der Waals surface area contributed by atoms with E-state index in [0.717, 1.165) is 24.4 Å². The number of ketones is 1. The molecule has 2 heterocycles. The number of methoxy groups -OCH3 is 1. The lowest BCUT2D eigenvalue weighted by atomic mass is 10.1. The molecule has 1 atom stereocenters. The van der Waals surface area contributed by atoms with Crippen LogP contribution >= 0.6 is 0 Å². The van der Waals surface area contributed by atoms with E-state index in [2.05, 4.69) is 9.80 Å². The number of hydrogen-bond donors (Lipinski definition) is 0. The van der Waals surface area contributed by atoms with Crippen LogP contribution in [0.1, 0.15) is 29.6 Å². The first kappa shape index (κ1) is 14.5. The van der Waals surface area contributed by atoms with Crippen molar-refractivity contribution in [3.8, 4) is 5.75 Å². The quantitative estimate of drug-likeness (QED) is 0.776. The maximum atomic E-state index is 12.4. The Morgan fingerprint density at radius 2 is 2.10 bits per heavy atom. The first-order valence-corrected chi connectivity index (χ1v) is 7.90. The van der Waals surface area contributed by atoms with Gasteiger partial charge in [-0.3, -0.25) is 14.6 Å². The summed E-state index contributed by atoms with van der Waals surface area (Å²) in [7, 11) is 1.63. The summed E-state index contributed by atoms with van der Waals surface area (Å²) in [5, 5.41) is 0. The molecule has 2 fully saturated rings. The van der Waals surface area contributed by atoms with Gasteiger partial charge in [0.1, 0.15) is 5.75 Å². The number of hydrogen-bond acceptors (Lipinski definition) is 4. The lowest BCUT2D eigenvalue weighted by Crippen LogP contribution is -2.36. The van der Waals surface area contributed by atoms with Crippen LogP contribution in [0, 0.1) is 0 Å². The van der Waals surface area contributed by atoms with Crippen molar-refractivity contribution in [2.45, 2.75) is 25.3 Å². The van der Waals surface area contributed by atoms with Crippen LogP contribution in [0.4, 0.5) is 0 Å². The molecule has 2 aliphatic rings. The SMILES string of the molecule is COc1cccc(C(=O)CN2CCC(N3CCCC3)C2)c1. The zero-order valence-electron chi connectivity index (χ0n) is 12.8. The average molecular weight is 288 g/mol. The summed E-state index contributed by atoms with van der Waals surface area (Å²) in [4.78, 5) is 17.3. The van der Waals surface area contributed by atoms with Gasteiger partial charge in [-0.05, 0) is 44.5 Å². The highest BCUT2D eigenvalue weighted by atomic mass is 16.5. The van der Waals surface area contributed by atoms with Crippen LogP contribution in [-0.4, -0.2) is 61.5 Å². The molecule has 0 N–H and O–H groups in total. The summed E-state index contributed by atoms with van der Waals surface area (Å²) < 4.78 is 5.19. The van der Waals surface area contributed by atoms with Crippen molar-refractivity contribution >= 4 is 5.78 Å². The van der Waals surface area contributed by atoms with Gasteiger partial charge < -0.3 is 4.74 Å². The van der Waals surface area contributed by atoms with Crippen molar-refractivity contribution < 1.29 is 9.53 Å². The van der Waals surface area contributed by atoms with E-state index in [-0.39, 0.29) is 5.78 Å². The molecule has 0 bridgehead atoms. The van der Waals surface area contributed by atoms with Crippen molar-refractivity contribution in [1.82, 2.24) is 9.80 Å². The second-order valence-corrected chi connectivity index (χ2v) is 6.08. The molecular weight excluding hydrogens is 264 g/mol. The number of nitrogens with zero attached hydrogens (tertiary/aromatic N) is 2. The Kier molecular flexibility index (Phi) is 4.56. The fourth-order valence-electron chi connectivity index (χ4n) is 3.45. The highest BCUT2D eigenvalue weighted by molar-refractivity contribution is 5.97. The summed E-state index contributed by atoms with van der Waals surface area (Å²) in [5.41, 5.74) is 0.749. The van der Waals surface area contributed by atoms with Gasteiger partial charge in [-0.15, -0.1) is 0 Å². The number of benzene rings is 1. The van der Waals surface area contributed by atoms with Crippen molar-refractivity contribution in [3.63, 3.8) is 0 Å². The van der Waals surface area contributed by atoms with Gasteiger partial charge in [-0.25, -0.2) is 0 Å². The predicted octanol–water partition coefficient (Wildman–Crippen LogP) is 2.05. The summed E-state index contributed by atoms with van der Waals surface area (Å²) in [6.07, 6.45) is 3.86. The minimum absolute atomic E-state index is 0.191. The van der Waals surface area contributed by atoms with Crippen LogP contribution in [0.3, 0.4) is 0 Å². The molecular formula is C17H24N2O2. The number of carbonyl (C=O) groups is 1. The van der Waals surface area contributed by atoms with Crippen LogP contribution < -0.4 is 4.74 Å². The molecule has 0 aromatic heterocycles. The number of rotatable bonds is 5. The molecule has 1 unspecified atom stereocenters. The molecule has 4 heteroatoms. The van der Waals surface area contributed by atoms with Gasteiger partial charge in [0.05, 0.1) is 13.7 Å². The largest absolute Gasteiger partial charge is 0.497 e. The zero-order chi connectivity index (χ0) is 14.7. The van der Waals surface area contributed by atoms with Crippen LogP contribution in [0.15, 0.2) is 24.3 Å². The molecule has 4 nitrogen and oxygen atoms in total. The normalized spacial score (nSPS) is 23.6. The summed E-state index contributed by atoms with van der Waals surface area (Å²) in [5.74, 6) is 0.938. The summed E-state index contributed by atoms with van der Waals surface area (Å²) >= 11 is 0. The van der Waals surface area contributed by atoms with E-state index in [1.54, 1.807) is 7.11 Å². The molecule has 3 rings (SSSR count). The lowest BCUT2D eigenvalue weighted by Gasteiger charge is -2.23. The number of likely N-dealkylation sites (tertiary alicyclic amines) is 2. The monoisotopic (exact) mass is 288 g/mol. The van der Waals surface area contributed by atoms with Gasteiger partial charge in [-0.2, -0.15) is 0 Å². The van der Waals surface area contributed by atoms with Crippen molar-refractivity contribution in [3.05, 3.63) is 29.8 Å². The fourth-order valence-corrected chi connectivity index (χ4v) is 3.45. The average Bonchev–Trinajstić information content (AvgIpc) is 3.18. The number of ether oxygens (including phenoxy) is 1. The predicted molar refractivity (Wildman–Crippen MR) is 83.0 cm³/mol. The Labute approximate surface area is 126 Å². The van der Waals surface area contributed by atoms with E-state index < -0.39 is 0 Å². The zero-order valence-corrected chi connectivity index (χ0v) is 12.8. The molecule has 0 saturated carbocycles. The first-order valence-electron chi connectivity index (χ1n) is 7.90. The smallest absolute Gasteiger partial charge is 0.176 e. The van der Waals surface area contributed by atoms with Gasteiger partial charge >= 0.3 is 0 Å². The molecule has 0 radical (unpaired) electrons. The Morgan fingerprint density at radius 3 is 2.86 bits per heavy atom. The van der Waals surface area contributed by atoms with Gasteiger partial charge in [-0.1, -0.05) is 12.1 Å². The van der Waals surface area contributed by atoms with Crippen LogP contribution in [0.2, 0.25) is 0 Å². The van der Waals surface area contributed by atoms with E-state index in [0.29, 0.717) is 12.6 Å². The highest BCUT2D eigenvalue weighted by Gasteiger charge is 2.30.